The largest absolute Gasteiger partial charge is 0.330 e. The van der Waals surface area contributed by atoms with Crippen LogP contribution in [0.15, 0.2) is 36.1 Å². The number of nitrogens with zero attached hydrogens (tertiary/aromatic N) is 1. The van der Waals surface area contributed by atoms with Crippen LogP contribution >= 0.6 is 0 Å². The molecule has 0 saturated heterocycles. The summed E-state index contributed by atoms with van der Waals surface area (Å²) in [7, 11) is 0. The van der Waals surface area contributed by atoms with Crippen molar-refractivity contribution in [1.82, 2.24) is 0 Å². The van der Waals surface area contributed by atoms with E-state index in [2.05, 4.69) is 6.58 Å². The highest BCUT2D eigenvalue weighted by Crippen LogP contribution is 2.06. The molecular formula is C10H16N2O2. The van der Waals surface area contributed by atoms with Crippen LogP contribution < -0.4 is 5.73 Å². The van der Waals surface area contributed by atoms with Gasteiger partial charge in [0.2, 0.25) is 0 Å². The van der Waals surface area contributed by atoms with E-state index in [4.69, 9.17) is 5.73 Å². The lowest BCUT2D eigenvalue weighted by atomic mass is 10.1. The Kier molecular flexibility index (Phi) is 6.32. The van der Waals surface area contributed by atoms with Crippen molar-refractivity contribution in [3.8, 4) is 0 Å². The Hall–Kier alpha value is -1.42. The second kappa shape index (κ2) is 7.03. The van der Waals surface area contributed by atoms with Gasteiger partial charge in [0.1, 0.15) is 0 Å². The minimum absolute atomic E-state index is 0.0823. The summed E-state index contributed by atoms with van der Waals surface area (Å²) < 4.78 is 0. The Bertz CT molecular complexity index is 267. The standard InChI is InChI=1S/C10H16N2O2/c1-3-10(12(13)14)7-6-9(2)5-4-8-11/h3,6-7H,2,4-5,8,11H2,1H3/b7-6-,10-3+. The van der Waals surface area contributed by atoms with E-state index in [0.29, 0.717) is 6.54 Å². The van der Waals surface area contributed by atoms with E-state index < -0.39 is 4.92 Å². The van der Waals surface area contributed by atoms with Crippen molar-refractivity contribution in [3.63, 3.8) is 0 Å². The molecule has 0 aliphatic rings. The molecule has 0 radical (unpaired) electrons. The van der Waals surface area contributed by atoms with Gasteiger partial charge in [0.05, 0.1) is 4.92 Å². The van der Waals surface area contributed by atoms with Gasteiger partial charge in [-0.2, -0.15) is 0 Å². The molecule has 4 nitrogen and oxygen atoms in total. The Morgan fingerprint density at radius 3 is 2.64 bits per heavy atom. The molecule has 0 spiro atoms. The van der Waals surface area contributed by atoms with Crippen molar-refractivity contribution in [2.24, 2.45) is 5.73 Å². The van der Waals surface area contributed by atoms with Gasteiger partial charge in [-0.05, 0) is 32.4 Å². The van der Waals surface area contributed by atoms with Gasteiger partial charge >= 0.3 is 0 Å². The molecule has 0 unspecified atom stereocenters. The van der Waals surface area contributed by atoms with Crippen molar-refractivity contribution in [3.05, 3.63) is 46.2 Å². The second-order valence-electron chi connectivity index (χ2n) is 2.85. The molecule has 0 heterocycles. The summed E-state index contributed by atoms with van der Waals surface area (Å²) in [5.74, 6) is 0. The van der Waals surface area contributed by atoms with Gasteiger partial charge < -0.3 is 5.73 Å². The van der Waals surface area contributed by atoms with Gasteiger partial charge in [-0.1, -0.05) is 18.2 Å². The van der Waals surface area contributed by atoms with E-state index in [1.807, 2.05) is 0 Å². The summed E-state index contributed by atoms with van der Waals surface area (Å²) in [6, 6.07) is 0. The van der Waals surface area contributed by atoms with Crippen LogP contribution in [0.2, 0.25) is 0 Å². The fourth-order valence-electron chi connectivity index (χ4n) is 0.878. The first-order valence-electron chi connectivity index (χ1n) is 4.48. The summed E-state index contributed by atoms with van der Waals surface area (Å²) in [5, 5.41) is 10.4. The zero-order chi connectivity index (χ0) is 11.0. The van der Waals surface area contributed by atoms with Crippen LogP contribution in [0.3, 0.4) is 0 Å². The molecule has 78 valence electrons. The predicted octanol–water partition coefficient (Wildman–Crippen LogP) is 2.02. The molecule has 0 aromatic carbocycles. The van der Waals surface area contributed by atoms with Gasteiger partial charge in [-0.25, -0.2) is 0 Å². The predicted molar refractivity (Wildman–Crippen MR) is 57.3 cm³/mol. The number of allylic oxidation sites excluding steroid dienone is 4. The molecule has 0 aromatic heterocycles. The van der Waals surface area contributed by atoms with Crippen molar-refractivity contribution >= 4 is 0 Å². The maximum Gasteiger partial charge on any atom is 0.265 e. The molecule has 0 saturated carbocycles. The molecular weight excluding hydrogens is 180 g/mol. The van der Waals surface area contributed by atoms with Gasteiger partial charge in [0.15, 0.2) is 0 Å². The van der Waals surface area contributed by atoms with Crippen LogP contribution in [0.1, 0.15) is 19.8 Å². The number of nitro groups is 1. The SMILES string of the molecule is C=C(/C=C\C(=C/C)[N+](=O)[O-])CCCN. The van der Waals surface area contributed by atoms with Crippen LogP contribution in [0.5, 0.6) is 0 Å². The molecule has 0 aromatic rings. The lowest BCUT2D eigenvalue weighted by molar-refractivity contribution is -0.419. The molecule has 0 aliphatic carbocycles. The summed E-state index contributed by atoms with van der Waals surface area (Å²) >= 11 is 0. The van der Waals surface area contributed by atoms with E-state index in [1.165, 1.54) is 12.2 Å². The molecule has 0 atom stereocenters. The third kappa shape index (κ3) is 5.27. The van der Waals surface area contributed by atoms with Crippen LogP contribution in [0.25, 0.3) is 0 Å². The minimum Gasteiger partial charge on any atom is -0.330 e. The summed E-state index contributed by atoms with van der Waals surface area (Å²) in [6.07, 6.45) is 6.20. The highest BCUT2D eigenvalue weighted by molar-refractivity contribution is 5.21. The molecule has 0 fully saturated rings. The number of nitrogens with two attached hydrogens (primary N) is 1. The Morgan fingerprint density at radius 1 is 1.57 bits per heavy atom. The van der Waals surface area contributed by atoms with Crippen molar-refractivity contribution in [1.29, 1.82) is 0 Å². The first-order chi connectivity index (χ1) is 6.61. The molecule has 14 heavy (non-hydrogen) atoms. The first-order valence-corrected chi connectivity index (χ1v) is 4.48. The van der Waals surface area contributed by atoms with Gasteiger partial charge in [-0.15, -0.1) is 0 Å². The number of hydrogen-bond acceptors (Lipinski definition) is 3. The normalized spacial score (nSPS) is 12.0. The fourth-order valence-corrected chi connectivity index (χ4v) is 0.878. The van der Waals surface area contributed by atoms with E-state index in [9.17, 15) is 10.1 Å². The average molecular weight is 196 g/mol. The monoisotopic (exact) mass is 196 g/mol. The summed E-state index contributed by atoms with van der Waals surface area (Å²) in [5.41, 5.74) is 6.26. The molecule has 4 heteroatoms. The van der Waals surface area contributed by atoms with Crippen LogP contribution in [-0.4, -0.2) is 11.5 Å². The lowest BCUT2D eigenvalue weighted by Crippen LogP contribution is -1.98. The number of hydrogen-bond donors (Lipinski definition) is 1. The zero-order valence-corrected chi connectivity index (χ0v) is 8.40. The van der Waals surface area contributed by atoms with Crippen molar-refractivity contribution in [2.45, 2.75) is 19.8 Å². The van der Waals surface area contributed by atoms with E-state index >= 15 is 0 Å². The smallest absolute Gasteiger partial charge is 0.265 e. The van der Waals surface area contributed by atoms with E-state index in [-0.39, 0.29) is 5.70 Å². The molecule has 0 bridgehead atoms. The average Bonchev–Trinajstić information content (AvgIpc) is 2.15. The molecule has 2 N–H and O–H groups in total. The summed E-state index contributed by atoms with van der Waals surface area (Å²) in [6.45, 7) is 6.01. The molecule has 0 aliphatic heterocycles. The fraction of sp³-hybridized carbons (Fsp3) is 0.400. The van der Waals surface area contributed by atoms with Crippen LogP contribution in [-0.2, 0) is 0 Å². The Labute approximate surface area is 83.9 Å². The minimum atomic E-state index is -0.424. The molecule has 0 amide bonds. The van der Waals surface area contributed by atoms with Crippen molar-refractivity contribution in [2.75, 3.05) is 6.54 Å². The highest BCUT2D eigenvalue weighted by atomic mass is 16.6. The van der Waals surface area contributed by atoms with Gasteiger partial charge in [0.25, 0.3) is 5.70 Å². The Morgan fingerprint density at radius 2 is 2.21 bits per heavy atom. The van der Waals surface area contributed by atoms with E-state index in [0.717, 1.165) is 18.4 Å². The van der Waals surface area contributed by atoms with Gasteiger partial charge in [-0.3, -0.25) is 10.1 Å². The Balaban J connectivity index is 4.15. The van der Waals surface area contributed by atoms with Crippen LogP contribution in [0, 0.1) is 10.1 Å². The number of rotatable bonds is 6. The van der Waals surface area contributed by atoms with Gasteiger partial charge in [0, 0.05) is 6.08 Å². The highest BCUT2D eigenvalue weighted by Gasteiger charge is 2.02. The maximum absolute atomic E-state index is 10.4. The first kappa shape index (κ1) is 12.6. The van der Waals surface area contributed by atoms with Crippen LogP contribution in [0.4, 0.5) is 0 Å². The third-order valence-electron chi connectivity index (χ3n) is 1.70. The third-order valence-corrected chi connectivity index (χ3v) is 1.70. The zero-order valence-electron chi connectivity index (χ0n) is 8.40. The van der Waals surface area contributed by atoms with Crippen molar-refractivity contribution < 1.29 is 4.92 Å². The molecule has 0 rings (SSSR count). The summed E-state index contributed by atoms with van der Waals surface area (Å²) in [4.78, 5) is 9.97. The topological polar surface area (TPSA) is 69.2 Å². The maximum atomic E-state index is 10.4. The quantitative estimate of drug-likeness (QED) is 0.401. The lowest BCUT2D eigenvalue weighted by Gasteiger charge is -1.96. The second-order valence-corrected chi connectivity index (χ2v) is 2.85. The van der Waals surface area contributed by atoms with E-state index in [1.54, 1.807) is 13.0 Å².